The average Bonchev–Trinajstić information content (AvgIpc) is 3.28. The number of rotatable bonds is 9. The van der Waals surface area contributed by atoms with Crippen molar-refractivity contribution >= 4 is 23.3 Å². The van der Waals surface area contributed by atoms with Gasteiger partial charge in [0, 0.05) is 4.88 Å². The second kappa shape index (κ2) is 8.78. The molecule has 0 unspecified atom stereocenters. The van der Waals surface area contributed by atoms with Gasteiger partial charge in [0.2, 0.25) is 0 Å². The fourth-order valence-corrected chi connectivity index (χ4v) is 3.93. The third-order valence-electron chi connectivity index (χ3n) is 4.64. The van der Waals surface area contributed by atoms with E-state index in [0.717, 1.165) is 38.5 Å². The molecule has 0 radical (unpaired) electrons. The summed E-state index contributed by atoms with van der Waals surface area (Å²) in [6.07, 6.45) is 5.84. The molecule has 1 aromatic heterocycles. The van der Waals surface area contributed by atoms with E-state index in [2.05, 4.69) is 0 Å². The molecular formula is C18H24O6S. The molecule has 1 N–H and O–H groups in total. The Morgan fingerprint density at radius 1 is 1.20 bits per heavy atom. The van der Waals surface area contributed by atoms with Crippen LogP contribution in [0.5, 0.6) is 0 Å². The van der Waals surface area contributed by atoms with Gasteiger partial charge in [-0.25, -0.2) is 9.59 Å². The predicted molar refractivity (Wildman–Crippen MR) is 91.2 cm³/mol. The van der Waals surface area contributed by atoms with Gasteiger partial charge < -0.3 is 19.3 Å². The Labute approximate surface area is 151 Å². The number of thiophene rings is 1. The Balaban J connectivity index is 1.52. The van der Waals surface area contributed by atoms with Gasteiger partial charge >= 0.3 is 11.9 Å². The molecule has 1 heterocycles. The fraction of sp³-hybridized carbons (Fsp3) is 0.667. The van der Waals surface area contributed by atoms with Crippen molar-refractivity contribution < 1.29 is 28.9 Å². The summed E-state index contributed by atoms with van der Waals surface area (Å²) < 4.78 is 16.4. The lowest BCUT2D eigenvalue weighted by atomic mass is 9.85. The van der Waals surface area contributed by atoms with Crippen LogP contribution in [0.15, 0.2) is 17.5 Å². The number of esters is 1. The second-order valence-electron chi connectivity index (χ2n) is 6.64. The number of hydrogen-bond donors (Lipinski definition) is 1. The van der Waals surface area contributed by atoms with Crippen LogP contribution in [0.1, 0.15) is 55.9 Å². The first kappa shape index (κ1) is 18.4. The molecule has 0 saturated heterocycles. The molecule has 0 aliphatic heterocycles. The van der Waals surface area contributed by atoms with E-state index in [9.17, 15) is 14.7 Å². The third kappa shape index (κ3) is 5.26. The Morgan fingerprint density at radius 3 is 2.56 bits per heavy atom. The molecule has 0 aromatic carbocycles. The summed E-state index contributed by atoms with van der Waals surface area (Å²) in [4.78, 5) is 24.4. The number of carbonyl (C=O) groups is 2. The highest BCUT2D eigenvalue weighted by molar-refractivity contribution is 7.10. The lowest BCUT2D eigenvalue weighted by molar-refractivity contribution is -0.185. The van der Waals surface area contributed by atoms with Crippen LogP contribution in [0.25, 0.3) is 0 Å². The standard InChI is InChI=1S/C18H24O6S/c19-17(20)16(14-7-4-10-25-14)22-11-23-18(21)15(24-13-8-9-13)12-5-2-1-3-6-12/h4,7,10,12-13,15-16H,1-3,5-6,8-9,11H2,(H,19,20)/t15-,16+/m0/s1. The van der Waals surface area contributed by atoms with Crippen LogP contribution in [0, 0.1) is 5.92 Å². The Hall–Kier alpha value is -1.44. The Kier molecular flexibility index (Phi) is 6.45. The summed E-state index contributed by atoms with van der Waals surface area (Å²) in [5, 5.41) is 11.0. The molecule has 0 amide bonds. The van der Waals surface area contributed by atoms with Gasteiger partial charge in [0.05, 0.1) is 6.10 Å². The van der Waals surface area contributed by atoms with Crippen molar-refractivity contribution in [2.45, 2.75) is 63.3 Å². The summed E-state index contributed by atoms with van der Waals surface area (Å²) in [6.45, 7) is -0.384. The molecule has 0 bridgehead atoms. The Morgan fingerprint density at radius 2 is 1.96 bits per heavy atom. The van der Waals surface area contributed by atoms with Gasteiger partial charge in [-0.05, 0) is 43.0 Å². The van der Waals surface area contributed by atoms with Crippen LogP contribution in [-0.2, 0) is 23.8 Å². The van der Waals surface area contributed by atoms with Crippen molar-refractivity contribution in [1.29, 1.82) is 0 Å². The highest BCUT2D eigenvalue weighted by Gasteiger charge is 2.37. The molecule has 6 nitrogen and oxygen atoms in total. The smallest absolute Gasteiger partial charge is 0.338 e. The largest absolute Gasteiger partial charge is 0.479 e. The van der Waals surface area contributed by atoms with E-state index in [1.54, 1.807) is 17.5 Å². The molecule has 138 valence electrons. The SMILES string of the molecule is O=C(OCO[C@@H](C(=O)O)c1cccs1)[C@@H](OC1CC1)C1CCCCC1. The highest BCUT2D eigenvalue weighted by Crippen LogP contribution is 2.33. The number of aliphatic carboxylic acids is 1. The molecule has 2 atom stereocenters. The lowest BCUT2D eigenvalue weighted by Crippen LogP contribution is -2.36. The minimum atomic E-state index is -1.12. The number of hydrogen-bond acceptors (Lipinski definition) is 6. The normalized spacial score (nSPS) is 20.8. The maximum absolute atomic E-state index is 12.5. The summed E-state index contributed by atoms with van der Waals surface area (Å²) in [6, 6.07) is 3.44. The molecule has 2 saturated carbocycles. The molecule has 7 heteroatoms. The van der Waals surface area contributed by atoms with Crippen molar-refractivity contribution in [1.82, 2.24) is 0 Å². The molecule has 1 aromatic rings. The number of ether oxygens (including phenoxy) is 3. The lowest BCUT2D eigenvalue weighted by Gasteiger charge is -2.28. The van der Waals surface area contributed by atoms with Gasteiger partial charge in [0.25, 0.3) is 0 Å². The first-order chi connectivity index (χ1) is 12.1. The van der Waals surface area contributed by atoms with Crippen LogP contribution in [0.4, 0.5) is 0 Å². The summed E-state index contributed by atoms with van der Waals surface area (Å²) in [7, 11) is 0. The van der Waals surface area contributed by atoms with Crippen molar-refractivity contribution in [3.63, 3.8) is 0 Å². The molecule has 0 spiro atoms. The molecule has 2 aliphatic carbocycles. The monoisotopic (exact) mass is 368 g/mol. The van der Waals surface area contributed by atoms with Gasteiger partial charge in [0.15, 0.2) is 19.0 Å². The molecular weight excluding hydrogens is 344 g/mol. The molecule has 25 heavy (non-hydrogen) atoms. The molecule has 2 fully saturated rings. The van der Waals surface area contributed by atoms with E-state index in [-0.39, 0.29) is 18.8 Å². The zero-order chi connectivity index (χ0) is 17.6. The second-order valence-corrected chi connectivity index (χ2v) is 7.61. The summed E-state index contributed by atoms with van der Waals surface area (Å²) in [5.74, 6) is -1.35. The number of carboxylic acid groups (broad SMARTS) is 1. The topological polar surface area (TPSA) is 82.1 Å². The van der Waals surface area contributed by atoms with Gasteiger partial charge in [0.1, 0.15) is 0 Å². The van der Waals surface area contributed by atoms with Gasteiger partial charge in [-0.3, -0.25) is 0 Å². The van der Waals surface area contributed by atoms with E-state index >= 15 is 0 Å². The predicted octanol–water partition coefficient (Wildman–Crippen LogP) is 3.52. The van der Waals surface area contributed by atoms with Gasteiger partial charge in [-0.15, -0.1) is 11.3 Å². The van der Waals surface area contributed by atoms with E-state index in [4.69, 9.17) is 14.2 Å². The van der Waals surface area contributed by atoms with E-state index in [1.165, 1.54) is 17.8 Å². The summed E-state index contributed by atoms with van der Waals surface area (Å²) >= 11 is 1.29. The van der Waals surface area contributed by atoms with Gasteiger partial charge in [-0.1, -0.05) is 25.3 Å². The van der Waals surface area contributed by atoms with Crippen LogP contribution in [-0.4, -0.2) is 36.0 Å². The van der Waals surface area contributed by atoms with Crippen molar-refractivity contribution in [2.24, 2.45) is 5.92 Å². The molecule has 2 aliphatic rings. The number of carboxylic acids is 1. The first-order valence-electron chi connectivity index (χ1n) is 8.85. The maximum Gasteiger partial charge on any atom is 0.338 e. The molecule has 3 rings (SSSR count). The van der Waals surface area contributed by atoms with Crippen LogP contribution < -0.4 is 0 Å². The fourth-order valence-electron chi connectivity index (χ4n) is 3.17. The quantitative estimate of drug-likeness (QED) is 0.530. The summed E-state index contributed by atoms with van der Waals surface area (Å²) in [5.41, 5.74) is 0. The Bertz CT molecular complexity index is 562. The van der Waals surface area contributed by atoms with E-state index in [1.807, 2.05) is 0 Å². The zero-order valence-electron chi connectivity index (χ0n) is 14.1. The van der Waals surface area contributed by atoms with Gasteiger partial charge in [-0.2, -0.15) is 0 Å². The number of carbonyl (C=O) groups excluding carboxylic acids is 1. The van der Waals surface area contributed by atoms with Crippen molar-refractivity contribution in [3.05, 3.63) is 22.4 Å². The minimum absolute atomic E-state index is 0.165. The maximum atomic E-state index is 12.5. The first-order valence-corrected chi connectivity index (χ1v) is 9.73. The van der Waals surface area contributed by atoms with Crippen molar-refractivity contribution in [2.75, 3.05) is 6.79 Å². The van der Waals surface area contributed by atoms with E-state index < -0.39 is 24.1 Å². The van der Waals surface area contributed by atoms with Crippen molar-refractivity contribution in [3.8, 4) is 0 Å². The highest BCUT2D eigenvalue weighted by atomic mass is 32.1. The minimum Gasteiger partial charge on any atom is -0.479 e. The van der Waals surface area contributed by atoms with Crippen LogP contribution in [0.2, 0.25) is 0 Å². The zero-order valence-corrected chi connectivity index (χ0v) is 14.9. The third-order valence-corrected chi connectivity index (χ3v) is 5.55. The van der Waals surface area contributed by atoms with Crippen LogP contribution >= 0.6 is 11.3 Å². The average molecular weight is 368 g/mol. The van der Waals surface area contributed by atoms with E-state index in [0.29, 0.717) is 4.88 Å². The van der Waals surface area contributed by atoms with Crippen LogP contribution in [0.3, 0.4) is 0 Å².